The Labute approximate surface area is 97.6 Å². The average molecular weight is 222 g/mol. The number of hydrogen-bond donors (Lipinski definition) is 1. The molecule has 3 fully saturated rings. The first kappa shape index (κ1) is 10.6. The highest BCUT2D eigenvalue weighted by Gasteiger charge is 2.47. The molecule has 0 aromatic carbocycles. The van der Waals surface area contributed by atoms with Crippen molar-refractivity contribution < 1.29 is 4.79 Å². The van der Waals surface area contributed by atoms with Crippen molar-refractivity contribution in [3.63, 3.8) is 0 Å². The van der Waals surface area contributed by atoms with Crippen LogP contribution in [0.15, 0.2) is 0 Å². The Morgan fingerprint density at radius 1 is 1.25 bits per heavy atom. The number of nitrogens with one attached hydrogen (secondary N) is 1. The number of carbonyl (C=O) groups excluding carboxylic acids is 1. The first-order valence-electron chi connectivity index (χ1n) is 6.78. The fraction of sp³-hybridized carbons (Fsp3) is 0.923. The molecule has 1 N–H and O–H groups in total. The summed E-state index contributed by atoms with van der Waals surface area (Å²) in [6, 6.07) is 0.469. The predicted molar refractivity (Wildman–Crippen MR) is 63.0 cm³/mol. The summed E-state index contributed by atoms with van der Waals surface area (Å²) in [4.78, 5) is 14.6. The molecule has 1 saturated heterocycles. The van der Waals surface area contributed by atoms with E-state index >= 15 is 0 Å². The molecular formula is C13H22N2O. The third-order valence-electron chi connectivity index (χ3n) is 4.23. The zero-order valence-electron chi connectivity index (χ0n) is 10.1. The number of amides is 1. The van der Waals surface area contributed by atoms with Crippen molar-refractivity contribution in [2.24, 2.45) is 17.8 Å². The monoisotopic (exact) mass is 222 g/mol. The van der Waals surface area contributed by atoms with E-state index in [0.717, 1.165) is 31.5 Å². The molecule has 3 rings (SSSR count). The van der Waals surface area contributed by atoms with Gasteiger partial charge in [-0.25, -0.2) is 0 Å². The van der Waals surface area contributed by atoms with Crippen molar-refractivity contribution in [3.8, 4) is 0 Å². The molecule has 16 heavy (non-hydrogen) atoms. The summed E-state index contributed by atoms with van der Waals surface area (Å²) in [6.07, 6.45) is 5.20. The molecule has 1 amide bonds. The van der Waals surface area contributed by atoms with E-state index in [-0.39, 0.29) is 0 Å². The van der Waals surface area contributed by atoms with Crippen molar-refractivity contribution in [2.45, 2.75) is 38.6 Å². The lowest BCUT2D eigenvalue weighted by atomic mass is 9.95. The molecule has 0 aromatic heterocycles. The van der Waals surface area contributed by atoms with E-state index in [2.05, 4.69) is 17.1 Å². The van der Waals surface area contributed by atoms with Crippen LogP contribution < -0.4 is 5.32 Å². The van der Waals surface area contributed by atoms with Gasteiger partial charge in [-0.05, 0) is 44.4 Å². The van der Waals surface area contributed by atoms with Gasteiger partial charge in [0.2, 0.25) is 5.91 Å². The van der Waals surface area contributed by atoms with Crippen LogP contribution in [-0.4, -0.2) is 36.5 Å². The van der Waals surface area contributed by atoms with Gasteiger partial charge in [-0.15, -0.1) is 0 Å². The summed E-state index contributed by atoms with van der Waals surface area (Å²) in [6.45, 7) is 4.96. The van der Waals surface area contributed by atoms with Crippen LogP contribution in [0.1, 0.15) is 32.6 Å². The Kier molecular flexibility index (Phi) is 2.66. The third-order valence-corrected chi connectivity index (χ3v) is 4.23. The van der Waals surface area contributed by atoms with Crippen LogP contribution in [-0.2, 0) is 4.79 Å². The van der Waals surface area contributed by atoms with Crippen molar-refractivity contribution in [2.75, 3.05) is 19.6 Å². The summed E-state index contributed by atoms with van der Waals surface area (Å²) >= 11 is 0. The molecule has 3 heteroatoms. The van der Waals surface area contributed by atoms with Crippen LogP contribution >= 0.6 is 0 Å². The van der Waals surface area contributed by atoms with Crippen LogP contribution in [0, 0.1) is 17.8 Å². The second kappa shape index (κ2) is 4.02. The van der Waals surface area contributed by atoms with E-state index in [4.69, 9.17) is 0 Å². The van der Waals surface area contributed by atoms with Crippen LogP contribution in [0.2, 0.25) is 0 Å². The lowest BCUT2D eigenvalue weighted by Gasteiger charge is -2.34. The Bertz CT molecular complexity index is 272. The molecule has 1 heterocycles. The molecule has 90 valence electrons. The van der Waals surface area contributed by atoms with Crippen molar-refractivity contribution in [3.05, 3.63) is 0 Å². The molecule has 0 bridgehead atoms. The smallest absolute Gasteiger partial charge is 0.226 e. The molecule has 0 radical (unpaired) electrons. The average Bonchev–Trinajstić information content (AvgIpc) is 3.12. The van der Waals surface area contributed by atoms with Crippen LogP contribution in [0.3, 0.4) is 0 Å². The van der Waals surface area contributed by atoms with Crippen molar-refractivity contribution >= 4 is 5.91 Å². The Hall–Kier alpha value is -0.570. The number of piperazine rings is 1. The molecule has 3 aliphatic rings. The van der Waals surface area contributed by atoms with Gasteiger partial charge in [0, 0.05) is 31.6 Å². The summed E-state index contributed by atoms with van der Waals surface area (Å²) < 4.78 is 0. The third kappa shape index (κ3) is 2.10. The molecule has 0 unspecified atom stereocenters. The second-order valence-corrected chi connectivity index (χ2v) is 5.84. The van der Waals surface area contributed by atoms with E-state index in [0.29, 0.717) is 17.9 Å². The number of hydrogen-bond acceptors (Lipinski definition) is 2. The van der Waals surface area contributed by atoms with Crippen LogP contribution in [0.25, 0.3) is 0 Å². The number of nitrogens with zero attached hydrogens (tertiary/aromatic N) is 1. The molecule has 1 atom stereocenters. The number of carbonyl (C=O) groups is 1. The minimum absolute atomic E-state index is 0.394. The largest absolute Gasteiger partial charge is 0.340 e. The van der Waals surface area contributed by atoms with Gasteiger partial charge in [0.1, 0.15) is 0 Å². The first-order chi connectivity index (χ1) is 7.75. The second-order valence-electron chi connectivity index (χ2n) is 5.84. The molecule has 3 nitrogen and oxygen atoms in total. The zero-order valence-corrected chi connectivity index (χ0v) is 10.1. The minimum atomic E-state index is 0.394. The van der Waals surface area contributed by atoms with Crippen LogP contribution in [0.5, 0.6) is 0 Å². The van der Waals surface area contributed by atoms with Gasteiger partial charge in [-0.2, -0.15) is 0 Å². The summed E-state index contributed by atoms with van der Waals surface area (Å²) in [7, 11) is 0. The van der Waals surface area contributed by atoms with Crippen molar-refractivity contribution in [1.82, 2.24) is 10.2 Å². The lowest BCUT2D eigenvalue weighted by Crippen LogP contribution is -2.53. The summed E-state index contributed by atoms with van der Waals surface area (Å²) in [5, 5.41) is 3.40. The van der Waals surface area contributed by atoms with Gasteiger partial charge in [0.15, 0.2) is 0 Å². The highest BCUT2D eigenvalue weighted by molar-refractivity contribution is 5.80. The maximum absolute atomic E-state index is 12.5. The highest BCUT2D eigenvalue weighted by atomic mass is 16.2. The fourth-order valence-corrected chi connectivity index (χ4v) is 3.04. The van der Waals surface area contributed by atoms with Gasteiger partial charge in [-0.1, -0.05) is 0 Å². The van der Waals surface area contributed by atoms with Gasteiger partial charge >= 0.3 is 0 Å². The quantitative estimate of drug-likeness (QED) is 0.779. The van der Waals surface area contributed by atoms with E-state index in [1.807, 2.05) is 0 Å². The minimum Gasteiger partial charge on any atom is -0.340 e. The summed E-state index contributed by atoms with van der Waals surface area (Å²) in [5.41, 5.74) is 0. The molecule has 2 saturated carbocycles. The Morgan fingerprint density at radius 2 is 1.88 bits per heavy atom. The SMILES string of the molecule is C[C@H]1CN(C(=O)C(C2CC2)C2CC2)CCN1. The normalized spacial score (nSPS) is 30.9. The van der Waals surface area contributed by atoms with Gasteiger partial charge in [-0.3, -0.25) is 4.79 Å². The van der Waals surface area contributed by atoms with Crippen LogP contribution in [0.4, 0.5) is 0 Å². The molecular weight excluding hydrogens is 200 g/mol. The standard InChI is InChI=1S/C13H22N2O/c1-9-8-15(7-6-14-9)13(16)12(10-2-3-10)11-4-5-11/h9-12,14H,2-8H2,1H3/t9-/m0/s1. The van der Waals surface area contributed by atoms with Gasteiger partial charge < -0.3 is 10.2 Å². The maximum atomic E-state index is 12.5. The van der Waals surface area contributed by atoms with E-state index in [1.54, 1.807) is 0 Å². The Morgan fingerprint density at radius 3 is 2.38 bits per heavy atom. The molecule has 0 spiro atoms. The lowest BCUT2D eigenvalue weighted by molar-refractivity contribution is -0.138. The van der Waals surface area contributed by atoms with E-state index in [1.165, 1.54) is 25.7 Å². The topological polar surface area (TPSA) is 32.3 Å². The first-order valence-corrected chi connectivity index (χ1v) is 6.78. The number of rotatable bonds is 3. The van der Waals surface area contributed by atoms with E-state index in [9.17, 15) is 4.79 Å². The summed E-state index contributed by atoms with van der Waals surface area (Å²) in [5.74, 6) is 2.35. The zero-order chi connectivity index (χ0) is 11.1. The fourth-order valence-electron chi connectivity index (χ4n) is 3.04. The maximum Gasteiger partial charge on any atom is 0.226 e. The molecule has 0 aromatic rings. The molecule has 2 aliphatic carbocycles. The van der Waals surface area contributed by atoms with E-state index < -0.39 is 0 Å². The van der Waals surface area contributed by atoms with Gasteiger partial charge in [0.05, 0.1) is 0 Å². The van der Waals surface area contributed by atoms with Gasteiger partial charge in [0.25, 0.3) is 0 Å². The predicted octanol–water partition coefficient (Wildman–Crippen LogP) is 1.24. The molecule has 1 aliphatic heterocycles. The highest BCUT2D eigenvalue weighted by Crippen LogP contribution is 2.49. The Balaban J connectivity index is 1.65. The van der Waals surface area contributed by atoms with Crippen molar-refractivity contribution in [1.29, 1.82) is 0 Å².